The molecule has 0 saturated carbocycles. The lowest BCUT2D eigenvalue weighted by Gasteiger charge is -2.24. The second kappa shape index (κ2) is 6.05. The minimum absolute atomic E-state index is 0.156. The van der Waals surface area contributed by atoms with Crippen LogP contribution in [-0.2, 0) is 18.4 Å². The van der Waals surface area contributed by atoms with Crippen molar-refractivity contribution in [3.05, 3.63) is 30.0 Å². The molecule has 1 aromatic heterocycles. The zero-order valence-corrected chi connectivity index (χ0v) is 12.2. The predicted octanol–water partition coefficient (Wildman–Crippen LogP) is 2.26. The van der Waals surface area contributed by atoms with Crippen LogP contribution in [0.2, 0.25) is 0 Å². The molecule has 0 radical (unpaired) electrons. The van der Waals surface area contributed by atoms with Gasteiger partial charge >= 0.3 is 5.97 Å². The summed E-state index contributed by atoms with van der Waals surface area (Å²) in [7, 11) is 1.93. The van der Waals surface area contributed by atoms with Gasteiger partial charge < -0.3 is 5.11 Å². The Labute approximate surface area is 118 Å². The fourth-order valence-electron chi connectivity index (χ4n) is 2.36. The van der Waals surface area contributed by atoms with Gasteiger partial charge in [-0.15, -0.1) is 0 Å². The standard InChI is InChI=1S/C15H21N3O2/c1-11(2)18(9-8-15(19)20)10-13-12-6-4-5-7-14(12)17(3)16-13/h4-7,11H,8-10H2,1-3H3,(H,19,20). The lowest BCUT2D eigenvalue weighted by Crippen LogP contribution is -2.32. The van der Waals surface area contributed by atoms with E-state index in [1.807, 2.05) is 29.9 Å². The first-order valence-electron chi connectivity index (χ1n) is 6.85. The number of fused-ring (bicyclic) bond motifs is 1. The molecular formula is C15H21N3O2. The van der Waals surface area contributed by atoms with E-state index in [0.29, 0.717) is 13.1 Å². The topological polar surface area (TPSA) is 58.4 Å². The molecule has 0 bridgehead atoms. The Kier molecular flexibility index (Phi) is 4.39. The summed E-state index contributed by atoms with van der Waals surface area (Å²) < 4.78 is 1.88. The van der Waals surface area contributed by atoms with Crippen LogP contribution in [0.25, 0.3) is 10.9 Å². The largest absolute Gasteiger partial charge is 0.481 e. The number of carboxylic acids is 1. The summed E-state index contributed by atoms with van der Waals surface area (Å²) in [5.41, 5.74) is 2.10. The molecule has 0 aliphatic rings. The zero-order valence-electron chi connectivity index (χ0n) is 12.2. The van der Waals surface area contributed by atoms with Crippen LogP contribution in [0.4, 0.5) is 0 Å². The molecule has 2 rings (SSSR count). The molecule has 1 N–H and O–H groups in total. The molecule has 0 atom stereocenters. The number of hydrogen-bond donors (Lipinski definition) is 1. The fourth-order valence-corrected chi connectivity index (χ4v) is 2.36. The van der Waals surface area contributed by atoms with E-state index in [0.717, 1.165) is 16.6 Å². The van der Waals surface area contributed by atoms with Gasteiger partial charge in [-0.25, -0.2) is 0 Å². The van der Waals surface area contributed by atoms with Crippen molar-refractivity contribution in [1.29, 1.82) is 0 Å². The van der Waals surface area contributed by atoms with Gasteiger partial charge in [0.2, 0.25) is 0 Å². The second-order valence-electron chi connectivity index (χ2n) is 5.30. The van der Waals surface area contributed by atoms with Gasteiger partial charge in [-0.3, -0.25) is 14.4 Å². The molecule has 0 spiro atoms. The maximum Gasteiger partial charge on any atom is 0.304 e. The van der Waals surface area contributed by atoms with Crippen LogP contribution < -0.4 is 0 Å². The normalized spacial score (nSPS) is 11.7. The second-order valence-corrected chi connectivity index (χ2v) is 5.30. The highest BCUT2D eigenvalue weighted by molar-refractivity contribution is 5.81. The van der Waals surface area contributed by atoms with Crippen molar-refractivity contribution in [3.63, 3.8) is 0 Å². The summed E-state index contributed by atoms with van der Waals surface area (Å²) in [6, 6.07) is 8.40. The lowest BCUT2D eigenvalue weighted by molar-refractivity contribution is -0.137. The molecule has 1 heterocycles. The lowest BCUT2D eigenvalue weighted by atomic mass is 10.2. The molecule has 0 aliphatic heterocycles. The third-order valence-electron chi connectivity index (χ3n) is 3.53. The maximum atomic E-state index is 10.7. The Balaban J connectivity index is 2.22. The summed E-state index contributed by atoms with van der Waals surface area (Å²) in [6.45, 7) is 5.37. The van der Waals surface area contributed by atoms with Crippen LogP contribution in [0.15, 0.2) is 24.3 Å². The summed E-state index contributed by atoms with van der Waals surface area (Å²) in [5, 5.41) is 14.5. The molecule has 5 heteroatoms. The fraction of sp³-hybridized carbons (Fsp3) is 0.467. The number of para-hydroxylation sites is 1. The zero-order chi connectivity index (χ0) is 14.7. The highest BCUT2D eigenvalue weighted by Crippen LogP contribution is 2.19. The van der Waals surface area contributed by atoms with Gasteiger partial charge in [0.25, 0.3) is 0 Å². The molecule has 0 amide bonds. The third kappa shape index (κ3) is 3.17. The van der Waals surface area contributed by atoms with Crippen molar-refractivity contribution in [2.75, 3.05) is 6.54 Å². The van der Waals surface area contributed by atoms with Crippen molar-refractivity contribution >= 4 is 16.9 Å². The third-order valence-corrected chi connectivity index (χ3v) is 3.53. The van der Waals surface area contributed by atoms with Crippen LogP contribution in [0.5, 0.6) is 0 Å². The van der Waals surface area contributed by atoms with Gasteiger partial charge in [0, 0.05) is 31.6 Å². The number of aliphatic carboxylic acids is 1. The SMILES string of the molecule is CC(C)N(CCC(=O)O)Cc1nn(C)c2ccccc12. The van der Waals surface area contributed by atoms with Gasteiger partial charge in [-0.2, -0.15) is 5.10 Å². The average Bonchev–Trinajstić information content (AvgIpc) is 2.71. The number of aryl methyl sites for hydroxylation is 1. The van der Waals surface area contributed by atoms with E-state index in [2.05, 4.69) is 29.9 Å². The van der Waals surface area contributed by atoms with Gasteiger partial charge in [0.1, 0.15) is 0 Å². The summed E-state index contributed by atoms with van der Waals surface area (Å²) in [6.07, 6.45) is 0.156. The van der Waals surface area contributed by atoms with E-state index in [1.165, 1.54) is 0 Å². The number of nitrogens with zero attached hydrogens (tertiary/aromatic N) is 3. The molecule has 0 fully saturated rings. The van der Waals surface area contributed by atoms with Gasteiger partial charge in [0.15, 0.2) is 0 Å². The Hall–Kier alpha value is -1.88. The first-order valence-corrected chi connectivity index (χ1v) is 6.85. The average molecular weight is 275 g/mol. The molecule has 108 valence electrons. The predicted molar refractivity (Wildman–Crippen MR) is 78.5 cm³/mol. The monoisotopic (exact) mass is 275 g/mol. The Bertz CT molecular complexity index is 604. The Morgan fingerprint density at radius 2 is 2.10 bits per heavy atom. The van der Waals surface area contributed by atoms with Crippen LogP contribution in [0.3, 0.4) is 0 Å². The van der Waals surface area contributed by atoms with E-state index in [4.69, 9.17) is 5.11 Å². The number of carboxylic acid groups (broad SMARTS) is 1. The van der Waals surface area contributed by atoms with Crippen molar-refractivity contribution in [3.8, 4) is 0 Å². The summed E-state index contributed by atoms with van der Waals surface area (Å²) in [5.74, 6) is -0.762. The van der Waals surface area contributed by atoms with Crippen LogP contribution in [0.1, 0.15) is 26.0 Å². The molecule has 0 aliphatic carbocycles. The van der Waals surface area contributed by atoms with Crippen LogP contribution >= 0.6 is 0 Å². The summed E-state index contributed by atoms with van der Waals surface area (Å²) in [4.78, 5) is 12.9. The van der Waals surface area contributed by atoms with E-state index < -0.39 is 5.97 Å². The van der Waals surface area contributed by atoms with Crippen LogP contribution in [-0.4, -0.2) is 38.3 Å². The molecule has 20 heavy (non-hydrogen) atoms. The first-order chi connectivity index (χ1) is 9.49. The molecule has 2 aromatic rings. The number of rotatable bonds is 6. The highest BCUT2D eigenvalue weighted by Gasteiger charge is 2.16. The van der Waals surface area contributed by atoms with Gasteiger partial charge in [-0.05, 0) is 19.9 Å². The molecule has 0 saturated heterocycles. The number of aromatic nitrogens is 2. The minimum atomic E-state index is -0.762. The van der Waals surface area contributed by atoms with E-state index in [1.54, 1.807) is 0 Å². The van der Waals surface area contributed by atoms with Gasteiger partial charge in [0.05, 0.1) is 17.6 Å². The quantitative estimate of drug-likeness (QED) is 0.878. The number of carbonyl (C=O) groups is 1. The van der Waals surface area contributed by atoms with Crippen molar-refractivity contribution in [2.24, 2.45) is 7.05 Å². The molecule has 1 aromatic carbocycles. The van der Waals surface area contributed by atoms with E-state index in [-0.39, 0.29) is 12.5 Å². The summed E-state index contributed by atoms with van der Waals surface area (Å²) >= 11 is 0. The van der Waals surface area contributed by atoms with Gasteiger partial charge in [-0.1, -0.05) is 18.2 Å². The van der Waals surface area contributed by atoms with Crippen molar-refractivity contribution in [1.82, 2.24) is 14.7 Å². The van der Waals surface area contributed by atoms with Crippen LogP contribution in [0, 0.1) is 0 Å². The molecule has 5 nitrogen and oxygen atoms in total. The maximum absolute atomic E-state index is 10.7. The molecular weight excluding hydrogens is 254 g/mol. The highest BCUT2D eigenvalue weighted by atomic mass is 16.4. The number of benzene rings is 1. The van der Waals surface area contributed by atoms with Crippen molar-refractivity contribution < 1.29 is 9.90 Å². The smallest absolute Gasteiger partial charge is 0.304 e. The molecule has 0 unspecified atom stereocenters. The minimum Gasteiger partial charge on any atom is -0.481 e. The van der Waals surface area contributed by atoms with E-state index >= 15 is 0 Å². The number of hydrogen-bond acceptors (Lipinski definition) is 3. The van der Waals surface area contributed by atoms with Crippen molar-refractivity contribution in [2.45, 2.75) is 32.9 Å². The van der Waals surface area contributed by atoms with E-state index in [9.17, 15) is 4.79 Å². The first kappa shape index (κ1) is 14.5. The Morgan fingerprint density at radius 1 is 1.40 bits per heavy atom. The Morgan fingerprint density at radius 3 is 2.75 bits per heavy atom.